The second-order valence-electron chi connectivity index (χ2n) is 3.98. The molecule has 5 heteroatoms. The highest BCUT2D eigenvalue weighted by Gasteiger charge is 2.21. The molecule has 3 N–H and O–H groups in total. The van der Waals surface area contributed by atoms with Gasteiger partial charge in [0.15, 0.2) is 0 Å². The molecule has 0 aromatic heterocycles. The average molecular weight is 234 g/mol. The van der Waals surface area contributed by atoms with Crippen LogP contribution in [0.1, 0.15) is 34.1 Å². The standard InChI is InChI=1S/C10H22N2O2S/c1-5-8(3)12-10(13)9(4)15(14)6-7(2)11/h7-9H,5-6,11H2,1-4H3,(H,12,13). The highest BCUT2D eigenvalue weighted by Crippen LogP contribution is 2.00. The van der Waals surface area contributed by atoms with Gasteiger partial charge in [-0.2, -0.15) is 0 Å². The molecule has 0 radical (unpaired) electrons. The van der Waals surface area contributed by atoms with Crippen molar-refractivity contribution in [1.29, 1.82) is 0 Å². The fourth-order valence-electron chi connectivity index (χ4n) is 0.985. The van der Waals surface area contributed by atoms with E-state index in [2.05, 4.69) is 5.32 Å². The molecule has 0 rings (SSSR count). The van der Waals surface area contributed by atoms with E-state index in [-0.39, 0.29) is 18.0 Å². The van der Waals surface area contributed by atoms with E-state index in [1.807, 2.05) is 13.8 Å². The molecule has 0 aliphatic heterocycles. The van der Waals surface area contributed by atoms with Crippen molar-refractivity contribution in [2.24, 2.45) is 5.73 Å². The maximum atomic E-state index is 11.6. The van der Waals surface area contributed by atoms with Crippen LogP contribution in [0.4, 0.5) is 0 Å². The summed E-state index contributed by atoms with van der Waals surface area (Å²) in [5, 5.41) is 2.33. The molecule has 0 saturated carbocycles. The lowest BCUT2D eigenvalue weighted by molar-refractivity contribution is -0.120. The highest BCUT2D eigenvalue weighted by atomic mass is 32.2. The van der Waals surface area contributed by atoms with Gasteiger partial charge in [0.1, 0.15) is 5.25 Å². The maximum absolute atomic E-state index is 11.6. The first-order valence-electron chi connectivity index (χ1n) is 5.31. The predicted molar refractivity (Wildman–Crippen MR) is 64.0 cm³/mol. The zero-order valence-electron chi connectivity index (χ0n) is 9.95. The van der Waals surface area contributed by atoms with Gasteiger partial charge in [0, 0.05) is 28.6 Å². The van der Waals surface area contributed by atoms with E-state index in [1.54, 1.807) is 13.8 Å². The number of carbonyl (C=O) groups excluding carboxylic acids is 1. The molecule has 90 valence electrons. The van der Waals surface area contributed by atoms with Crippen molar-refractivity contribution in [2.75, 3.05) is 5.75 Å². The van der Waals surface area contributed by atoms with Crippen molar-refractivity contribution in [3.63, 3.8) is 0 Å². The quantitative estimate of drug-likeness (QED) is 0.698. The highest BCUT2D eigenvalue weighted by molar-refractivity contribution is 7.86. The average Bonchev–Trinajstić information content (AvgIpc) is 2.15. The van der Waals surface area contributed by atoms with Crippen LogP contribution in [0, 0.1) is 0 Å². The van der Waals surface area contributed by atoms with Crippen LogP contribution in [0.25, 0.3) is 0 Å². The Bertz CT molecular complexity index is 231. The van der Waals surface area contributed by atoms with Crippen molar-refractivity contribution < 1.29 is 9.00 Å². The first-order valence-corrected chi connectivity index (χ1v) is 6.69. The topological polar surface area (TPSA) is 72.2 Å². The monoisotopic (exact) mass is 234 g/mol. The van der Waals surface area contributed by atoms with Gasteiger partial charge in [0.2, 0.25) is 5.91 Å². The summed E-state index contributed by atoms with van der Waals surface area (Å²) in [4.78, 5) is 11.6. The molecule has 0 aromatic carbocycles. The fraction of sp³-hybridized carbons (Fsp3) is 0.900. The number of nitrogens with two attached hydrogens (primary N) is 1. The molecular formula is C10H22N2O2S. The van der Waals surface area contributed by atoms with Gasteiger partial charge in [-0.05, 0) is 27.2 Å². The van der Waals surface area contributed by atoms with E-state index in [0.717, 1.165) is 6.42 Å². The number of amides is 1. The van der Waals surface area contributed by atoms with Gasteiger partial charge in [-0.1, -0.05) is 6.92 Å². The van der Waals surface area contributed by atoms with Crippen LogP contribution in [0.2, 0.25) is 0 Å². The van der Waals surface area contributed by atoms with Crippen LogP contribution in [0.5, 0.6) is 0 Å². The maximum Gasteiger partial charge on any atom is 0.235 e. The van der Waals surface area contributed by atoms with E-state index in [1.165, 1.54) is 0 Å². The zero-order valence-corrected chi connectivity index (χ0v) is 10.8. The Labute approximate surface area is 94.4 Å². The van der Waals surface area contributed by atoms with Crippen molar-refractivity contribution in [3.05, 3.63) is 0 Å². The van der Waals surface area contributed by atoms with E-state index < -0.39 is 16.0 Å². The van der Waals surface area contributed by atoms with Crippen LogP contribution < -0.4 is 11.1 Å². The molecule has 0 bridgehead atoms. The molecule has 0 spiro atoms. The summed E-state index contributed by atoms with van der Waals surface area (Å²) in [6.07, 6.45) is 0.873. The third-order valence-corrected chi connectivity index (χ3v) is 4.05. The lowest BCUT2D eigenvalue weighted by atomic mass is 10.2. The van der Waals surface area contributed by atoms with Crippen molar-refractivity contribution >= 4 is 16.7 Å². The van der Waals surface area contributed by atoms with Gasteiger partial charge in [-0.25, -0.2) is 0 Å². The number of nitrogens with one attached hydrogen (secondary N) is 1. The van der Waals surface area contributed by atoms with Gasteiger partial charge in [-0.3, -0.25) is 9.00 Å². The van der Waals surface area contributed by atoms with Gasteiger partial charge in [-0.15, -0.1) is 0 Å². The summed E-state index contributed by atoms with van der Waals surface area (Å²) in [7, 11) is -1.18. The van der Waals surface area contributed by atoms with Gasteiger partial charge in [0.25, 0.3) is 0 Å². The van der Waals surface area contributed by atoms with Gasteiger partial charge in [0.05, 0.1) is 0 Å². The van der Waals surface area contributed by atoms with Gasteiger partial charge < -0.3 is 11.1 Å². The SMILES string of the molecule is CCC(C)NC(=O)C(C)S(=O)CC(C)N. The number of hydrogen-bond donors (Lipinski definition) is 2. The Morgan fingerprint density at radius 1 is 1.40 bits per heavy atom. The third-order valence-electron chi connectivity index (χ3n) is 2.19. The zero-order chi connectivity index (χ0) is 12.0. The Morgan fingerprint density at radius 2 is 1.93 bits per heavy atom. The Kier molecular flexibility index (Phi) is 6.76. The largest absolute Gasteiger partial charge is 0.353 e. The first kappa shape index (κ1) is 14.6. The molecule has 0 fully saturated rings. The molecule has 15 heavy (non-hydrogen) atoms. The molecule has 4 atom stereocenters. The van der Waals surface area contributed by atoms with Crippen molar-refractivity contribution in [1.82, 2.24) is 5.32 Å². The predicted octanol–water partition coefficient (Wildman–Crippen LogP) is 0.386. The lowest BCUT2D eigenvalue weighted by Gasteiger charge is -2.16. The fourth-order valence-corrected chi connectivity index (χ4v) is 2.10. The van der Waals surface area contributed by atoms with Crippen LogP contribution in [0.15, 0.2) is 0 Å². The van der Waals surface area contributed by atoms with Crippen molar-refractivity contribution in [3.8, 4) is 0 Å². The second kappa shape index (κ2) is 6.95. The molecular weight excluding hydrogens is 212 g/mol. The number of hydrogen-bond acceptors (Lipinski definition) is 3. The Hall–Kier alpha value is -0.420. The molecule has 0 aliphatic carbocycles. The second-order valence-corrected chi connectivity index (χ2v) is 5.79. The Morgan fingerprint density at radius 3 is 2.33 bits per heavy atom. The summed E-state index contributed by atoms with van der Waals surface area (Å²) >= 11 is 0. The Balaban J connectivity index is 4.13. The van der Waals surface area contributed by atoms with E-state index in [0.29, 0.717) is 5.75 Å². The molecule has 0 saturated heterocycles. The third kappa shape index (κ3) is 5.89. The van der Waals surface area contributed by atoms with E-state index >= 15 is 0 Å². The normalized spacial score (nSPS) is 19.0. The summed E-state index contributed by atoms with van der Waals surface area (Å²) in [5.41, 5.74) is 5.53. The van der Waals surface area contributed by atoms with Crippen LogP contribution >= 0.6 is 0 Å². The summed E-state index contributed by atoms with van der Waals surface area (Å²) in [5.74, 6) is 0.220. The molecule has 4 unspecified atom stereocenters. The number of rotatable bonds is 6. The van der Waals surface area contributed by atoms with E-state index in [4.69, 9.17) is 5.73 Å². The summed E-state index contributed by atoms with van der Waals surface area (Å²) in [6, 6.07) is -0.00284. The minimum atomic E-state index is -1.18. The minimum Gasteiger partial charge on any atom is -0.353 e. The summed E-state index contributed by atoms with van der Waals surface area (Å²) in [6.45, 7) is 7.39. The molecule has 1 amide bonds. The summed E-state index contributed by atoms with van der Waals surface area (Å²) < 4.78 is 11.6. The van der Waals surface area contributed by atoms with Crippen LogP contribution in [0.3, 0.4) is 0 Å². The van der Waals surface area contributed by atoms with Gasteiger partial charge >= 0.3 is 0 Å². The molecule has 4 nitrogen and oxygen atoms in total. The number of carbonyl (C=O) groups is 1. The van der Waals surface area contributed by atoms with Crippen LogP contribution in [-0.2, 0) is 15.6 Å². The smallest absolute Gasteiger partial charge is 0.235 e. The van der Waals surface area contributed by atoms with Crippen molar-refractivity contribution in [2.45, 2.75) is 51.4 Å². The lowest BCUT2D eigenvalue weighted by Crippen LogP contribution is -2.42. The van der Waals surface area contributed by atoms with E-state index in [9.17, 15) is 9.00 Å². The molecule has 0 aliphatic rings. The van der Waals surface area contributed by atoms with Crippen LogP contribution in [-0.4, -0.2) is 33.2 Å². The minimum absolute atomic E-state index is 0.132. The molecule has 0 aromatic rings. The first-order chi connectivity index (χ1) is 6.88. The molecule has 0 heterocycles.